The van der Waals surface area contributed by atoms with Crippen LogP contribution in [0.1, 0.15) is 33.1 Å². The summed E-state index contributed by atoms with van der Waals surface area (Å²) in [6, 6.07) is 0. The van der Waals surface area contributed by atoms with Gasteiger partial charge >= 0.3 is 118 Å². The molecule has 0 aliphatic heterocycles. The third kappa shape index (κ3) is 11.6. The van der Waals surface area contributed by atoms with E-state index in [1.54, 1.807) is 12.5 Å². The molecule has 0 N–H and O–H groups in total. The molecule has 0 aliphatic rings. The molecule has 3 heteroatoms. The van der Waals surface area contributed by atoms with Crippen LogP contribution in [0.15, 0.2) is 0 Å². The first kappa shape index (κ1) is 17.8. The second-order valence-corrected chi connectivity index (χ2v) is 16.2. The molecule has 0 rings (SSSR count). The number of hydrogen-bond donors (Lipinski definition) is 0. The predicted octanol–water partition coefficient (Wildman–Crippen LogP) is 3.18. The molecule has 0 aromatic rings. The van der Waals surface area contributed by atoms with Gasteiger partial charge < -0.3 is 0 Å². The quantitative estimate of drug-likeness (QED) is 0.568. The van der Waals surface area contributed by atoms with Gasteiger partial charge in [-0.15, -0.1) is 0 Å². The van der Waals surface area contributed by atoms with E-state index in [-0.39, 0.29) is 0 Å². The first-order chi connectivity index (χ1) is 8.10. The summed E-state index contributed by atoms with van der Waals surface area (Å²) in [4.78, 5) is 4.83. The van der Waals surface area contributed by atoms with Crippen LogP contribution in [0, 0.1) is 0 Å². The van der Waals surface area contributed by atoms with E-state index >= 15 is 0 Å². The van der Waals surface area contributed by atoms with Gasteiger partial charge in [0.1, 0.15) is 0 Å². The van der Waals surface area contributed by atoms with Crippen LogP contribution in [-0.2, 0) is 0 Å². The maximum absolute atomic E-state index is 2.50. The zero-order chi connectivity index (χ0) is 13.1. The van der Waals surface area contributed by atoms with Gasteiger partial charge in [-0.25, -0.2) is 0 Å². The van der Waals surface area contributed by atoms with Gasteiger partial charge in [-0.3, -0.25) is 0 Å². The zero-order valence-electron chi connectivity index (χ0n) is 12.8. The average Bonchev–Trinajstić information content (AvgIpc) is 2.27. The van der Waals surface area contributed by atoms with E-state index in [0.29, 0.717) is 0 Å². The second-order valence-electron chi connectivity index (χ2n) is 5.67. The van der Waals surface area contributed by atoms with Crippen molar-refractivity contribution in [2.45, 2.75) is 45.6 Å². The van der Waals surface area contributed by atoms with Crippen LogP contribution in [0.25, 0.3) is 0 Å². The van der Waals surface area contributed by atoms with E-state index in [1.807, 2.05) is 0 Å². The molecule has 0 fully saturated rings. The molecule has 17 heavy (non-hydrogen) atoms. The van der Waals surface area contributed by atoms with Crippen LogP contribution in [-0.4, -0.2) is 72.0 Å². The van der Waals surface area contributed by atoms with Gasteiger partial charge in [-0.2, -0.15) is 0 Å². The van der Waals surface area contributed by atoms with Crippen LogP contribution in [0.5, 0.6) is 0 Å². The molecule has 0 unspecified atom stereocenters. The van der Waals surface area contributed by atoms with Crippen molar-refractivity contribution in [3.63, 3.8) is 0 Å². The third-order valence-electron chi connectivity index (χ3n) is 3.55. The van der Waals surface area contributed by atoms with Gasteiger partial charge in [-0.1, -0.05) is 0 Å². The Morgan fingerprint density at radius 3 is 1.88 bits per heavy atom. The number of nitrogens with zero attached hydrogens (tertiary/aromatic N) is 2. The Labute approximate surface area is 117 Å². The van der Waals surface area contributed by atoms with Crippen molar-refractivity contribution in [1.82, 2.24) is 9.80 Å². The minimum absolute atomic E-state index is 1.10. The Morgan fingerprint density at radius 1 is 0.824 bits per heavy atom. The summed E-state index contributed by atoms with van der Waals surface area (Å²) in [7, 11) is 6.65. The molecular formula is C14H33InN2. The van der Waals surface area contributed by atoms with Crippen LogP contribution >= 0.6 is 0 Å². The summed E-state index contributed by atoms with van der Waals surface area (Å²) in [6.07, 6.45) is 4.21. The second kappa shape index (κ2) is 11.9. The number of hydrogen-bond acceptors (Lipinski definition) is 2. The van der Waals surface area contributed by atoms with Crippen LogP contribution < -0.4 is 0 Å². The summed E-state index contributed by atoms with van der Waals surface area (Å²) in [5.41, 5.74) is 0. The molecule has 0 atom stereocenters. The number of rotatable bonds is 11. The fraction of sp³-hybridized carbons (Fsp3) is 1.00. The van der Waals surface area contributed by atoms with Crippen molar-refractivity contribution in [1.29, 1.82) is 0 Å². The summed E-state index contributed by atoms with van der Waals surface area (Å²) in [5, 5.41) is 0. The normalized spacial score (nSPS) is 11.5. The van der Waals surface area contributed by atoms with Gasteiger partial charge in [0.15, 0.2) is 0 Å². The Bertz CT molecular complexity index is 162. The molecule has 0 saturated carbocycles. The molecule has 0 bridgehead atoms. The van der Waals surface area contributed by atoms with E-state index in [1.165, 1.54) is 38.9 Å². The Hall–Kier alpha value is 0.790. The summed E-state index contributed by atoms with van der Waals surface area (Å²) >= 11 is -1.10. The maximum atomic E-state index is 2.50. The monoisotopic (exact) mass is 344 g/mol. The van der Waals surface area contributed by atoms with Crippen molar-refractivity contribution >= 4 is 21.4 Å². The predicted molar refractivity (Wildman–Crippen MR) is 81.4 cm³/mol. The van der Waals surface area contributed by atoms with Crippen LogP contribution in [0.2, 0.25) is 12.5 Å². The minimum atomic E-state index is -1.10. The van der Waals surface area contributed by atoms with E-state index in [0.717, 1.165) is 0 Å². The molecule has 0 radical (unpaired) electrons. The zero-order valence-corrected chi connectivity index (χ0v) is 16.1. The van der Waals surface area contributed by atoms with E-state index < -0.39 is 21.4 Å². The Morgan fingerprint density at radius 2 is 1.41 bits per heavy atom. The Balaban J connectivity index is 3.53. The topological polar surface area (TPSA) is 6.48 Å². The van der Waals surface area contributed by atoms with Gasteiger partial charge in [-0.05, 0) is 0 Å². The molecule has 102 valence electrons. The molecule has 0 amide bonds. The van der Waals surface area contributed by atoms with E-state index in [9.17, 15) is 0 Å². The SMILES string of the molecule is CCCN(C)CC[CH2][In]([CH2]C)[CH2]CCN(C)C. The molecule has 0 saturated heterocycles. The molecule has 0 aromatic carbocycles. The fourth-order valence-corrected chi connectivity index (χ4v) is 9.88. The van der Waals surface area contributed by atoms with Crippen molar-refractivity contribution in [2.24, 2.45) is 0 Å². The summed E-state index contributed by atoms with van der Waals surface area (Å²) in [5.74, 6) is 0. The fourth-order valence-electron chi connectivity index (χ4n) is 2.39. The van der Waals surface area contributed by atoms with Crippen molar-refractivity contribution < 1.29 is 0 Å². The molecule has 0 heterocycles. The van der Waals surface area contributed by atoms with Gasteiger partial charge in [0.05, 0.1) is 0 Å². The van der Waals surface area contributed by atoms with Crippen molar-refractivity contribution in [3.8, 4) is 0 Å². The molecular weight excluding hydrogens is 311 g/mol. The summed E-state index contributed by atoms with van der Waals surface area (Å²) < 4.78 is 4.81. The molecule has 0 aliphatic carbocycles. The Kier molecular flexibility index (Phi) is 12.4. The standard InChI is InChI=1S/C7H16N.C5H12N.C2H5.In/c1-4-6-8(3)7-5-2;1-4-5-6(2)3;1-2;/h1,4-7H2,2-3H3;1,4-5H2,2-3H3;1H2,2H3;. The van der Waals surface area contributed by atoms with E-state index in [4.69, 9.17) is 0 Å². The third-order valence-corrected chi connectivity index (χ3v) is 13.8. The molecule has 2 nitrogen and oxygen atoms in total. The average molecular weight is 344 g/mol. The molecule has 0 aromatic heterocycles. The van der Waals surface area contributed by atoms with Crippen molar-refractivity contribution in [2.75, 3.05) is 40.8 Å². The van der Waals surface area contributed by atoms with Gasteiger partial charge in [0, 0.05) is 0 Å². The van der Waals surface area contributed by atoms with Crippen molar-refractivity contribution in [3.05, 3.63) is 0 Å². The first-order valence-corrected chi connectivity index (χ1v) is 14.4. The van der Waals surface area contributed by atoms with Gasteiger partial charge in [0.25, 0.3) is 0 Å². The van der Waals surface area contributed by atoms with E-state index in [2.05, 4.69) is 44.8 Å². The first-order valence-electron chi connectivity index (χ1n) is 7.43. The van der Waals surface area contributed by atoms with Crippen LogP contribution in [0.4, 0.5) is 0 Å². The van der Waals surface area contributed by atoms with Gasteiger partial charge in [0.2, 0.25) is 0 Å². The van der Waals surface area contributed by atoms with Crippen LogP contribution in [0.3, 0.4) is 0 Å². The molecule has 0 spiro atoms. The summed E-state index contributed by atoms with van der Waals surface area (Å²) in [6.45, 7) is 8.60.